The van der Waals surface area contributed by atoms with E-state index in [0.29, 0.717) is 6.54 Å². The van der Waals surface area contributed by atoms with Gasteiger partial charge in [-0.05, 0) is 34.8 Å². The Bertz CT molecular complexity index is 1330. The summed E-state index contributed by atoms with van der Waals surface area (Å²) in [6, 6.07) is 4.48. The topological polar surface area (TPSA) is 164 Å². The monoisotopic (exact) mass is 552 g/mol. The van der Waals surface area contributed by atoms with Crippen molar-refractivity contribution in [3.63, 3.8) is 0 Å². The maximum atomic E-state index is 13.8. The maximum absolute atomic E-state index is 13.8. The van der Waals surface area contributed by atoms with Crippen molar-refractivity contribution in [3.05, 3.63) is 24.0 Å². The average Bonchev–Trinajstić information content (AvgIpc) is 3.19. The molecule has 40 heavy (non-hydrogen) atoms. The zero-order valence-electron chi connectivity index (χ0n) is 23.1. The molecular weight excluding hydrogens is 519 g/mol. The molecule has 0 radical (unpaired) electrons. The molecule has 2 fully saturated rings. The molecule has 2 unspecified atom stereocenters. The average molecular weight is 553 g/mol. The normalized spacial score (nSPS) is 25.5. The van der Waals surface area contributed by atoms with Gasteiger partial charge in [0.05, 0.1) is 17.8 Å². The molecule has 4 rings (SSSR count). The van der Waals surface area contributed by atoms with Crippen LogP contribution in [0.25, 0.3) is 0 Å². The smallest absolute Gasteiger partial charge is 0.265 e. The van der Waals surface area contributed by atoms with Crippen molar-refractivity contribution >= 4 is 29.3 Å². The summed E-state index contributed by atoms with van der Waals surface area (Å²) in [5, 5.41) is 26.6. The van der Waals surface area contributed by atoms with Crippen molar-refractivity contribution in [2.75, 3.05) is 11.9 Å². The molecule has 11 nitrogen and oxygen atoms in total. The number of likely N-dealkylation sites (tertiary alicyclic amines) is 1. The summed E-state index contributed by atoms with van der Waals surface area (Å²) in [7, 11) is 0. The van der Waals surface area contributed by atoms with E-state index in [4.69, 9.17) is 10.00 Å². The van der Waals surface area contributed by atoms with E-state index in [-0.39, 0.29) is 35.1 Å². The van der Waals surface area contributed by atoms with Crippen molar-refractivity contribution in [3.8, 4) is 17.9 Å². The van der Waals surface area contributed by atoms with E-state index < -0.39 is 65.5 Å². The molecular formula is C28H33FN6O5. The number of nitrogens with zero attached hydrogens (tertiary/aromatic N) is 3. The first-order chi connectivity index (χ1) is 18.7. The van der Waals surface area contributed by atoms with E-state index in [9.17, 15) is 28.8 Å². The predicted molar refractivity (Wildman–Crippen MR) is 139 cm³/mol. The molecule has 12 heteroatoms. The van der Waals surface area contributed by atoms with E-state index in [1.807, 2.05) is 19.9 Å². The number of halogens is 1. The zero-order valence-corrected chi connectivity index (χ0v) is 23.1. The minimum absolute atomic E-state index is 0.0625. The van der Waals surface area contributed by atoms with Gasteiger partial charge in [0.1, 0.15) is 36.1 Å². The lowest BCUT2D eigenvalue weighted by Gasteiger charge is -2.37. The lowest BCUT2D eigenvalue weighted by Crippen LogP contribution is -2.60. The SMILES string of the molecule is CC(C)(C)C(NC(=O)CC#N)C(=O)N1C[C@H]2[C@@H]([C@H]1C(=O)NC(C#N)C[C@@H]1Oc3ccc(F)cc3NC1=O)C2(C)C. The highest BCUT2D eigenvalue weighted by atomic mass is 19.1. The Labute approximate surface area is 232 Å². The fourth-order valence-corrected chi connectivity index (χ4v) is 5.80. The molecule has 0 spiro atoms. The Balaban J connectivity index is 1.50. The summed E-state index contributed by atoms with van der Waals surface area (Å²) in [5.41, 5.74) is -0.727. The van der Waals surface area contributed by atoms with Crippen LogP contribution in [0.3, 0.4) is 0 Å². The van der Waals surface area contributed by atoms with Crippen molar-refractivity contribution in [1.82, 2.24) is 15.5 Å². The van der Waals surface area contributed by atoms with Crippen molar-refractivity contribution in [1.29, 1.82) is 10.5 Å². The van der Waals surface area contributed by atoms with Gasteiger partial charge in [0.15, 0.2) is 6.10 Å². The number of hydrogen-bond donors (Lipinski definition) is 3. The second-order valence-electron chi connectivity index (χ2n) is 12.3. The molecule has 1 aliphatic carbocycles. The van der Waals surface area contributed by atoms with Crippen LogP contribution in [0.2, 0.25) is 0 Å². The number of carbonyl (C=O) groups excluding carboxylic acids is 4. The van der Waals surface area contributed by atoms with Crippen LogP contribution in [0, 0.1) is 51.1 Å². The quantitative estimate of drug-likeness (QED) is 0.464. The number of anilines is 1. The van der Waals surface area contributed by atoms with Crippen LogP contribution in [0.1, 0.15) is 47.5 Å². The van der Waals surface area contributed by atoms with Crippen molar-refractivity contribution in [2.45, 2.75) is 71.7 Å². The number of carbonyl (C=O) groups is 4. The summed E-state index contributed by atoms with van der Waals surface area (Å²) in [6.45, 7) is 9.70. The molecule has 4 amide bonds. The number of nitriles is 2. The van der Waals surface area contributed by atoms with Gasteiger partial charge in [0.25, 0.3) is 5.91 Å². The van der Waals surface area contributed by atoms with Crippen LogP contribution < -0.4 is 20.7 Å². The molecule has 1 aromatic carbocycles. The third-order valence-electron chi connectivity index (χ3n) is 8.10. The largest absolute Gasteiger partial charge is 0.478 e. The van der Waals surface area contributed by atoms with Crippen molar-refractivity contribution in [2.24, 2.45) is 22.7 Å². The Morgan fingerprint density at radius 3 is 2.58 bits per heavy atom. The van der Waals surface area contributed by atoms with Gasteiger partial charge in [-0.15, -0.1) is 0 Å². The van der Waals surface area contributed by atoms with Crippen LogP contribution in [-0.2, 0) is 19.2 Å². The summed E-state index contributed by atoms with van der Waals surface area (Å²) >= 11 is 0. The molecule has 0 bridgehead atoms. The Hall–Kier alpha value is -4.19. The fourth-order valence-electron chi connectivity index (χ4n) is 5.80. The molecule has 1 aromatic rings. The summed E-state index contributed by atoms with van der Waals surface area (Å²) in [5.74, 6) is -2.51. The zero-order chi connectivity index (χ0) is 29.6. The predicted octanol–water partition coefficient (Wildman–Crippen LogP) is 1.85. The van der Waals surface area contributed by atoms with Crippen LogP contribution in [-0.4, -0.2) is 59.3 Å². The highest BCUT2D eigenvalue weighted by Gasteiger charge is 2.69. The molecule has 3 aliphatic rings. The Morgan fingerprint density at radius 2 is 1.95 bits per heavy atom. The lowest BCUT2D eigenvalue weighted by atomic mass is 9.85. The minimum Gasteiger partial charge on any atom is -0.478 e. The van der Waals surface area contributed by atoms with Crippen molar-refractivity contribution < 1.29 is 28.3 Å². The third-order valence-corrected chi connectivity index (χ3v) is 8.10. The Morgan fingerprint density at radius 1 is 1.25 bits per heavy atom. The number of amides is 4. The maximum Gasteiger partial charge on any atom is 0.265 e. The second kappa shape index (κ2) is 10.4. The number of fused-ring (bicyclic) bond motifs is 2. The first-order valence-corrected chi connectivity index (χ1v) is 13.1. The van der Waals surface area contributed by atoms with E-state index in [2.05, 4.69) is 16.0 Å². The first kappa shape index (κ1) is 28.8. The van der Waals surface area contributed by atoms with E-state index in [1.165, 1.54) is 17.0 Å². The summed E-state index contributed by atoms with van der Waals surface area (Å²) in [6.07, 6.45) is -1.67. The third kappa shape index (κ3) is 5.44. The minimum atomic E-state index is -1.11. The molecule has 0 aromatic heterocycles. The van der Waals surface area contributed by atoms with Crippen LogP contribution in [0.15, 0.2) is 18.2 Å². The summed E-state index contributed by atoms with van der Waals surface area (Å²) < 4.78 is 19.2. The molecule has 212 valence electrons. The lowest BCUT2D eigenvalue weighted by molar-refractivity contribution is -0.145. The van der Waals surface area contributed by atoms with E-state index in [1.54, 1.807) is 26.8 Å². The van der Waals surface area contributed by atoms with Gasteiger partial charge in [-0.2, -0.15) is 10.5 Å². The van der Waals surface area contributed by atoms with Crippen LogP contribution in [0.5, 0.6) is 5.75 Å². The number of nitrogens with one attached hydrogen (secondary N) is 3. The molecule has 1 saturated heterocycles. The van der Waals surface area contributed by atoms with Gasteiger partial charge in [-0.3, -0.25) is 19.2 Å². The molecule has 1 saturated carbocycles. The van der Waals surface area contributed by atoms with Gasteiger partial charge in [-0.1, -0.05) is 34.6 Å². The Kier molecular flexibility index (Phi) is 7.50. The number of hydrogen-bond acceptors (Lipinski definition) is 7. The van der Waals surface area contributed by atoms with Gasteiger partial charge in [0, 0.05) is 19.0 Å². The molecule has 3 N–H and O–H groups in total. The van der Waals surface area contributed by atoms with Gasteiger partial charge < -0.3 is 25.6 Å². The van der Waals surface area contributed by atoms with Crippen LogP contribution >= 0.6 is 0 Å². The number of piperidine rings is 1. The van der Waals surface area contributed by atoms with Gasteiger partial charge >= 0.3 is 0 Å². The van der Waals surface area contributed by atoms with Gasteiger partial charge in [0.2, 0.25) is 17.7 Å². The molecule has 2 aliphatic heterocycles. The fraction of sp³-hybridized carbons (Fsp3) is 0.571. The highest BCUT2D eigenvalue weighted by molar-refractivity contribution is 5.98. The number of benzene rings is 1. The first-order valence-electron chi connectivity index (χ1n) is 13.1. The second-order valence-corrected chi connectivity index (χ2v) is 12.3. The van der Waals surface area contributed by atoms with Crippen LogP contribution in [0.4, 0.5) is 10.1 Å². The molecule has 6 atom stereocenters. The molecule has 2 heterocycles. The number of ether oxygens (including phenoxy) is 1. The van der Waals surface area contributed by atoms with E-state index >= 15 is 0 Å². The van der Waals surface area contributed by atoms with Gasteiger partial charge in [-0.25, -0.2) is 4.39 Å². The summed E-state index contributed by atoms with van der Waals surface area (Å²) in [4.78, 5) is 53.6. The number of rotatable bonds is 7. The van der Waals surface area contributed by atoms with E-state index in [0.717, 1.165) is 6.07 Å². The highest BCUT2D eigenvalue weighted by Crippen LogP contribution is 2.65. The standard InChI is InChI=1S/C28H33FN6O5/c1-27(2,3)23(34-20(36)8-9-30)26(39)35-13-16-21(28(16,4)5)22(35)25(38)32-15(12-31)11-19-24(37)33-17-10-14(29)6-7-18(17)40-19/h6-7,10,15-16,19,21-23H,8,11,13H2,1-5H3,(H,32,38)(H,33,37)(H,34,36)/t15?,16-,19-,21-,22-,23?/m0/s1.